The van der Waals surface area contributed by atoms with Crippen LogP contribution in [0.3, 0.4) is 0 Å². The van der Waals surface area contributed by atoms with Gasteiger partial charge in [0.15, 0.2) is 5.13 Å². The number of dihydropyridines is 1. The molecule has 1 amide bonds. The molecule has 6 nitrogen and oxygen atoms in total. The van der Waals surface area contributed by atoms with Gasteiger partial charge < -0.3 is 0 Å². The number of alkyl halides is 1. The van der Waals surface area contributed by atoms with Crippen molar-refractivity contribution in [3.63, 3.8) is 0 Å². The van der Waals surface area contributed by atoms with Gasteiger partial charge in [0.25, 0.3) is 0 Å². The van der Waals surface area contributed by atoms with Gasteiger partial charge in [0.2, 0.25) is 5.91 Å². The fourth-order valence-corrected chi connectivity index (χ4v) is 4.90. The number of carbonyl (C=O) groups is 1. The SMILES string of the molecule is C=CC(=O)Nc1nc2c(s1)CN(C1C=C(c3ncc(C)cc3C)C(Cl)C=N1)CC2. The predicted octanol–water partition coefficient (Wildman–Crippen LogP) is 3.74. The monoisotopic (exact) mass is 427 g/mol. The fraction of sp³-hybridized carbons (Fsp3) is 0.333. The predicted molar refractivity (Wildman–Crippen MR) is 119 cm³/mol. The van der Waals surface area contributed by atoms with E-state index >= 15 is 0 Å². The third-order valence-electron chi connectivity index (χ3n) is 5.03. The third-order valence-corrected chi connectivity index (χ3v) is 6.38. The summed E-state index contributed by atoms with van der Waals surface area (Å²) in [5, 5.41) is 3.08. The maximum Gasteiger partial charge on any atom is 0.249 e. The van der Waals surface area contributed by atoms with E-state index in [-0.39, 0.29) is 17.5 Å². The van der Waals surface area contributed by atoms with Crippen LogP contribution in [0.2, 0.25) is 0 Å². The second kappa shape index (κ2) is 8.18. The van der Waals surface area contributed by atoms with Crippen molar-refractivity contribution in [1.29, 1.82) is 0 Å². The molecule has 0 saturated heterocycles. The zero-order valence-electron chi connectivity index (χ0n) is 16.4. The number of halogens is 1. The van der Waals surface area contributed by atoms with Crippen molar-refractivity contribution in [2.75, 3.05) is 11.9 Å². The number of hydrogen-bond donors (Lipinski definition) is 1. The highest BCUT2D eigenvalue weighted by Crippen LogP contribution is 2.32. The lowest BCUT2D eigenvalue weighted by Gasteiger charge is -2.32. The zero-order valence-corrected chi connectivity index (χ0v) is 17.9. The van der Waals surface area contributed by atoms with Crippen molar-refractivity contribution >= 4 is 45.8 Å². The largest absolute Gasteiger partial charge is 0.298 e. The molecule has 4 rings (SSSR count). The molecule has 0 radical (unpaired) electrons. The Labute approximate surface area is 179 Å². The summed E-state index contributed by atoms with van der Waals surface area (Å²) in [7, 11) is 0. The van der Waals surface area contributed by atoms with E-state index in [0.717, 1.165) is 52.5 Å². The van der Waals surface area contributed by atoms with Crippen LogP contribution in [0.5, 0.6) is 0 Å². The Hall–Kier alpha value is -2.35. The lowest BCUT2D eigenvalue weighted by molar-refractivity contribution is -0.111. The molecule has 2 atom stereocenters. The molecule has 0 spiro atoms. The van der Waals surface area contributed by atoms with Gasteiger partial charge in [-0.15, -0.1) is 22.9 Å². The number of aryl methyl sites for hydroxylation is 2. The van der Waals surface area contributed by atoms with Crippen molar-refractivity contribution in [2.24, 2.45) is 4.99 Å². The number of pyridine rings is 1. The van der Waals surface area contributed by atoms with Gasteiger partial charge in [0, 0.05) is 42.4 Å². The van der Waals surface area contributed by atoms with Gasteiger partial charge >= 0.3 is 0 Å². The van der Waals surface area contributed by atoms with E-state index in [2.05, 4.69) is 50.8 Å². The standard InChI is InChI=1S/C21H22ClN5OS/c1-4-19(28)26-21-25-16-5-6-27(11-17(16)29-21)18-8-14(15(22)10-23-18)20-13(3)7-12(2)9-24-20/h4,7-10,15,18H,1,5-6,11H2,2-3H3,(H,25,26,28). The number of fused-ring (bicyclic) bond motifs is 1. The number of aliphatic imine (C=N–C) groups is 1. The summed E-state index contributed by atoms with van der Waals surface area (Å²) in [6, 6.07) is 2.12. The summed E-state index contributed by atoms with van der Waals surface area (Å²) < 4.78 is 0. The van der Waals surface area contributed by atoms with Crippen LogP contribution in [0.1, 0.15) is 27.4 Å². The maximum atomic E-state index is 11.5. The molecule has 0 saturated carbocycles. The van der Waals surface area contributed by atoms with Crippen LogP contribution in [0.25, 0.3) is 5.57 Å². The molecule has 29 heavy (non-hydrogen) atoms. The minimum atomic E-state index is -0.287. The van der Waals surface area contributed by atoms with Crippen LogP contribution in [0, 0.1) is 13.8 Å². The van der Waals surface area contributed by atoms with E-state index in [4.69, 9.17) is 11.6 Å². The van der Waals surface area contributed by atoms with Gasteiger partial charge in [-0.25, -0.2) is 4.98 Å². The summed E-state index contributed by atoms with van der Waals surface area (Å²) >= 11 is 8.05. The summed E-state index contributed by atoms with van der Waals surface area (Å²) in [5.41, 5.74) is 5.21. The molecule has 1 N–H and O–H groups in total. The first-order valence-electron chi connectivity index (χ1n) is 9.43. The highest BCUT2D eigenvalue weighted by molar-refractivity contribution is 7.15. The van der Waals surface area contributed by atoms with Crippen LogP contribution in [0.4, 0.5) is 5.13 Å². The second-order valence-electron chi connectivity index (χ2n) is 7.22. The Morgan fingerprint density at radius 3 is 3.03 bits per heavy atom. The summed E-state index contributed by atoms with van der Waals surface area (Å²) in [6.45, 7) is 9.14. The lowest BCUT2D eigenvalue weighted by Crippen LogP contribution is -2.38. The van der Waals surface area contributed by atoms with Crippen LogP contribution < -0.4 is 5.32 Å². The fourth-order valence-electron chi connectivity index (χ4n) is 3.62. The first-order valence-corrected chi connectivity index (χ1v) is 10.7. The first kappa shape index (κ1) is 19.9. The molecule has 0 aliphatic carbocycles. The van der Waals surface area contributed by atoms with E-state index in [1.54, 1.807) is 6.21 Å². The molecule has 0 fully saturated rings. The number of amides is 1. The van der Waals surface area contributed by atoms with E-state index in [1.165, 1.54) is 17.4 Å². The topological polar surface area (TPSA) is 70.5 Å². The number of thiazole rings is 1. The average molecular weight is 428 g/mol. The highest BCUT2D eigenvalue weighted by atomic mass is 35.5. The molecule has 2 aliphatic rings. The van der Waals surface area contributed by atoms with E-state index in [1.807, 2.05) is 13.1 Å². The summed E-state index contributed by atoms with van der Waals surface area (Å²) in [4.78, 5) is 28.8. The summed E-state index contributed by atoms with van der Waals surface area (Å²) in [6.07, 6.45) is 7.77. The van der Waals surface area contributed by atoms with Crippen LogP contribution >= 0.6 is 22.9 Å². The van der Waals surface area contributed by atoms with Crippen molar-refractivity contribution in [3.05, 3.63) is 58.4 Å². The first-order chi connectivity index (χ1) is 13.9. The quantitative estimate of drug-likeness (QED) is 0.596. The van der Waals surface area contributed by atoms with Crippen molar-refractivity contribution < 1.29 is 4.79 Å². The Balaban J connectivity index is 1.56. The molecule has 0 bridgehead atoms. The number of anilines is 1. The van der Waals surface area contributed by atoms with Gasteiger partial charge in [-0.1, -0.05) is 12.6 Å². The zero-order chi connectivity index (χ0) is 20.5. The van der Waals surface area contributed by atoms with Gasteiger partial charge in [0.1, 0.15) is 6.17 Å². The number of aromatic nitrogens is 2. The molecule has 8 heteroatoms. The second-order valence-corrected chi connectivity index (χ2v) is 8.77. The van der Waals surface area contributed by atoms with Crippen LogP contribution in [-0.2, 0) is 17.8 Å². The van der Waals surface area contributed by atoms with E-state index in [9.17, 15) is 4.79 Å². The number of rotatable bonds is 4. The molecule has 0 aromatic carbocycles. The highest BCUT2D eigenvalue weighted by Gasteiger charge is 2.29. The Morgan fingerprint density at radius 1 is 1.45 bits per heavy atom. The Kier molecular flexibility index (Phi) is 5.63. The molecule has 4 heterocycles. The molecule has 2 unspecified atom stereocenters. The van der Waals surface area contributed by atoms with Crippen molar-refractivity contribution in [1.82, 2.24) is 14.9 Å². The number of nitrogens with one attached hydrogen (secondary N) is 1. The normalized spacial score (nSPS) is 21.4. The van der Waals surface area contributed by atoms with E-state index in [0.29, 0.717) is 5.13 Å². The number of allylic oxidation sites excluding steroid dienone is 1. The molecule has 2 aliphatic heterocycles. The van der Waals surface area contributed by atoms with Gasteiger partial charge in [-0.05, 0) is 37.1 Å². The van der Waals surface area contributed by atoms with Crippen LogP contribution in [0.15, 0.2) is 36.0 Å². The molecule has 2 aromatic rings. The molecule has 2 aromatic heterocycles. The smallest absolute Gasteiger partial charge is 0.249 e. The van der Waals surface area contributed by atoms with Crippen molar-refractivity contribution in [2.45, 2.75) is 38.4 Å². The molecular formula is C21H22ClN5OS. The summed E-state index contributed by atoms with van der Waals surface area (Å²) in [5.74, 6) is -0.244. The lowest BCUT2D eigenvalue weighted by atomic mass is 9.99. The minimum Gasteiger partial charge on any atom is -0.298 e. The molecular weight excluding hydrogens is 406 g/mol. The number of nitrogens with zero attached hydrogens (tertiary/aromatic N) is 4. The van der Waals surface area contributed by atoms with Gasteiger partial charge in [0.05, 0.1) is 16.8 Å². The Morgan fingerprint density at radius 2 is 2.28 bits per heavy atom. The minimum absolute atomic E-state index is 0.0935. The van der Waals surface area contributed by atoms with E-state index < -0.39 is 0 Å². The number of carbonyl (C=O) groups excluding carboxylic acids is 1. The average Bonchev–Trinajstić information content (AvgIpc) is 3.10. The number of hydrogen-bond acceptors (Lipinski definition) is 6. The van der Waals surface area contributed by atoms with Gasteiger partial charge in [-0.3, -0.25) is 25.0 Å². The van der Waals surface area contributed by atoms with Crippen molar-refractivity contribution in [3.8, 4) is 0 Å². The maximum absolute atomic E-state index is 11.5. The Bertz CT molecular complexity index is 1030. The molecule has 150 valence electrons. The third kappa shape index (κ3) is 4.17. The van der Waals surface area contributed by atoms with Gasteiger partial charge in [-0.2, -0.15) is 0 Å². The van der Waals surface area contributed by atoms with Crippen LogP contribution in [-0.4, -0.2) is 45.1 Å².